The Labute approximate surface area is 162 Å². The van der Waals surface area contributed by atoms with Gasteiger partial charge in [-0.1, -0.05) is 17.7 Å². The summed E-state index contributed by atoms with van der Waals surface area (Å²) < 4.78 is 35.9. The van der Waals surface area contributed by atoms with Gasteiger partial charge in [-0.2, -0.15) is 8.75 Å². The Morgan fingerprint density at radius 1 is 1.22 bits per heavy atom. The molecule has 1 aromatic heterocycles. The smallest absolute Gasteiger partial charge is 0.338 e. The van der Waals surface area contributed by atoms with Gasteiger partial charge in [0.05, 0.1) is 28.0 Å². The van der Waals surface area contributed by atoms with Crippen LogP contribution >= 0.6 is 23.3 Å². The molecule has 0 saturated heterocycles. The van der Waals surface area contributed by atoms with Crippen molar-refractivity contribution in [1.82, 2.24) is 8.75 Å². The lowest BCUT2D eigenvalue weighted by molar-refractivity contribution is -0.119. The first kappa shape index (κ1) is 19.2. The highest BCUT2D eigenvalue weighted by molar-refractivity contribution is 7.89. The van der Waals surface area contributed by atoms with Crippen LogP contribution in [0.1, 0.15) is 10.4 Å². The predicted octanol–water partition coefficient (Wildman–Crippen LogP) is 1.79. The summed E-state index contributed by atoms with van der Waals surface area (Å²) in [6, 6.07) is 8.54. The van der Waals surface area contributed by atoms with Crippen LogP contribution in [-0.4, -0.2) is 35.6 Å². The van der Waals surface area contributed by atoms with Crippen molar-refractivity contribution in [2.24, 2.45) is 5.14 Å². The molecule has 0 aliphatic carbocycles. The molecule has 12 heteroatoms. The number of halogens is 1. The largest absolute Gasteiger partial charge is 0.452 e. The van der Waals surface area contributed by atoms with E-state index in [4.69, 9.17) is 21.5 Å². The summed E-state index contributed by atoms with van der Waals surface area (Å²) in [5, 5.41) is 7.48. The van der Waals surface area contributed by atoms with Gasteiger partial charge in [0, 0.05) is 0 Å². The zero-order valence-corrected chi connectivity index (χ0v) is 15.8. The number of amides is 1. The average molecular weight is 427 g/mol. The summed E-state index contributed by atoms with van der Waals surface area (Å²) in [5.74, 6) is -1.50. The molecule has 0 spiro atoms. The maximum absolute atomic E-state index is 12.1. The van der Waals surface area contributed by atoms with Gasteiger partial charge < -0.3 is 10.1 Å². The predicted molar refractivity (Wildman–Crippen MR) is 99.2 cm³/mol. The molecule has 3 N–H and O–H groups in total. The lowest BCUT2D eigenvalue weighted by Crippen LogP contribution is -2.21. The van der Waals surface area contributed by atoms with E-state index in [0.29, 0.717) is 16.7 Å². The lowest BCUT2D eigenvalue weighted by Gasteiger charge is -2.08. The van der Waals surface area contributed by atoms with Gasteiger partial charge in [-0.25, -0.2) is 18.4 Å². The van der Waals surface area contributed by atoms with E-state index in [2.05, 4.69) is 14.1 Å². The molecular weight excluding hydrogens is 416 g/mol. The molecule has 0 aliphatic heterocycles. The highest BCUT2D eigenvalue weighted by Crippen LogP contribution is 2.22. The van der Waals surface area contributed by atoms with Crippen molar-refractivity contribution >= 4 is 61.9 Å². The normalized spacial score (nSPS) is 11.3. The number of ether oxygens (including phenoxy) is 1. The Morgan fingerprint density at radius 3 is 2.74 bits per heavy atom. The van der Waals surface area contributed by atoms with E-state index in [0.717, 1.165) is 17.8 Å². The first-order valence-corrected chi connectivity index (χ1v) is 9.92. The summed E-state index contributed by atoms with van der Waals surface area (Å²) in [5.41, 5.74) is 1.48. The number of rotatable bonds is 5. The highest BCUT2D eigenvalue weighted by atomic mass is 35.5. The molecule has 3 rings (SSSR count). The van der Waals surface area contributed by atoms with Crippen molar-refractivity contribution in [1.29, 1.82) is 0 Å². The number of benzene rings is 2. The molecule has 9 nitrogen and oxygen atoms in total. The van der Waals surface area contributed by atoms with Crippen LogP contribution in [0, 0.1) is 0 Å². The van der Waals surface area contributed by atoms with Crippen molar-refractivity contribution in [2.45, 2.75) is 4.90 Å². The fourth-order valence-corrected chi connectivity index (χ4v) is 3.78. The van der Waals surface area contributed by atoms with E-state index in [9.17, 15) is 18.0 Å². The lowest BCUT2D eigenvalue weighted by atomic mass is 10.2. The van der Waals surface area contributed by atoms with Crippen molar-refractivity contribution in [3.05, 3.63) is 47.0 Å². The number of nitrogens with two attached hydrogens (primary N) is 1. The van der Waals surface area contributed by atoms with E-state index in [-0.39, 0.29) is 10.6 Å². The number of nitrogens with one attached hydrogen (secondary N) is 1. The van der Waals surface area contributed by atoms with E-state index in [1.807, 2.05) is 0 Å². The van der Waals surface area contributed by atoms with Crippen LogP contribution in [0.4, 0.5) is 5.69 Å². The van der Waals surface area contributed by atoms with E-state index < -0.39 is 33.4 Å². The van der Waals surface area contributed by atoms with Gasteiger partial charge in [-0.15, -0.1) is 0 Å². The second-order valence-electron chi connectivity index (χ2n) is 5.25. The summed E-state index contributed by atoms with van der Waals surface area (Å²) in [6.07, 6.45) is 0. The molecule has 0 bridgehead atoms. The molecule has 27 heavy (non-hydrogen) atoms. The SMILES string of the molecule is NS(=O)(=O)c1cc(C(=O)OCC(=O)Nc2cccc3nsnc23)ccc1Cl. The van der Waals surface area contributed by atoms with Gasteiger partial charge in [0.2, 0.25) is 10.0 Å². The third-order valence-corrected chi connectivity index (χ3v) is 5.30. The summed E-state index contributed by atoms with van der Waals surface area (Å²) in [7, 11) is -4.11. The molecule has 3 aromatic rings. The third-order valence-electron chi connectivity index (χ3n) is 3.37. The van der Waals surface area contributed by atoms with Crippen LogP contribution in [0.25, 0.3) is 11.0 Å². The van der Waals surface area contributed by atoms with E-state index in [1.54, 1.807) is 18.2 Å². The molecule has 0 fully saturated rings. The minimum Gasteiger partial charge on any atom is -0.452 e. The van der Waals surface area contributed by atoms with Crippen LogP contribution in [0.3, 0.4) is 0 Å². The van der Waals surface area contributed by atoms with Gasteiger partial charge >= 0.3 is 5.97 Å². The molecular formula is C15H11ClN4O5S2. The molecule has 0 radical (unpaired) electrons. The molecule has 0 aliphatic rings. The first-order valence-electron chi connectivity index (χ1n) is 7.26. The fourth-order valence-electron chi connectivity index (χ4n) is 2.16. The van der Waals surface area contributed by atoms with Gasteiger partial charge in [0.15, 0.2) is 6.61 Å². The molecule has 140 valence electrons. The number of fused-ring (bicyclic) bond motifs is 1. The molecule has 0 atom stereocenters. The maximum atomic E-state index is 12.1. The number of anilines is 1. The number of nitrogens with zero attached hydrogens (tertiary/aromatic N) is 2. The number of esters is 1. The molecule has 2 aromatic carbocycles. The Kier molecular flexibility index (Phi) is 5.37. The quantitative estimate of drug-likeness (QED) is 0.592. The standard InChI is InChI=1S/C15H11ClN4O5S2/c16-9-5-4-8(6-12(9)27(17,23)24)15(22)25-7-13(21)18-10-2-1-3-11-14(10)20-26-19-11/h1-6H,7H2,(H,18,21)(H2,17,23,24). The number of primary sulfonamides is 1. The van der Waals surface area contributed by atoms with E-state index >= 15 is 0 Å². The number of carbonyl (C=O) groups is 2. The second kappa shape index (κ2) is 7.56. The van der Waals surface area contributed by atoms with Crippen molar-refractivity contribution < 1.29 is 22.7 Å². The summed E-state index contributed by atoms with van der Waals surface area (Å²) in [4.78, 5) is 23.7. The van der Waals surface area contributed by atoms with Crippen molar-refractivity contribution in [2.75, 3.05) is 11.9 Å². The van der Waals surface area contributed by atoms with Gasteiger partial charge in [-0.05, 0) is 30.3 Å². The third kappa shape index (κ3) is 4.39. The number of sulfonamides is 1. The Balaban J connectivity index is 1.67. The average Bonchev–Trinajstić information content (AvgIpc) is 3.09. The first-order chi connectivity index (χ1) is 12.8. The maximum Gasteiger partial charge on any atom is 0.338 e. The van der Waals surface area contributed by atoms with Gasteiger partial charge in [0.25, 0.3) is 5.91 Å². The summed E-state index contributed by atoms with van der Waals surface area (Å²) in [6.45, 7) is -0.583. The number of hydrogen-bond donors (Lipinski definition) is 2. The second-order valence-corrected chi connectivity index (χ2v) is 7.72. The highest BCUT2D eigenvalue weighted by Gasteiger charge is 2.18. The van der Waals surface area contributed by atoms with Crippen LogP contribution < -0.4 is 10.5 Å². The zero-order chi connectivity index (χ0) is 19.6. The molecule has 1 amide bonds. The van der Waals surface area contributed by atoms with Crippen molar-refractivity contribution in [3.63, 3.8) is 0 Å². The Bertz CT molecular complexity index is 1150. The monoisotopic (exact) mass is 426 g/mol. The van der Waals surface area contributed by atoms with Gasteiger partial charge in [0.1, 0.15) is 15.9 Å². The number of carbonyl (C=O) groups excluding carboxylic acids is 2. The van der Waals surface area contributed by atoms with Crippen LogP contribution in [0.5, 0.6) is 0 Å². The van der Waals surface area contributed by atoms with Gasteiger partial charge in [-0.3, -0.25) is 4.79 Å². The van der Waals surface area contributed by atoms with Crippen LogP contribution in [-0.2, 0) is 19.6 Å². The Hall–Kier alpha value is -2.60. The minimum absolute atomic E-state index is 0.109. The number of hydrogen-bond acceptors (Lipinski definition) is 8. The van der Waals surface area contributed by atoms with Crippen LogP contribution in [0.2, 0.25) is 5.02 Å². The fraction of sp³-hybridized carbons (Fsp3) is 0.0667. The summed E-state index contributed by atoms with van der Waals surface area (Å²) >= 11 is 6.76. The molecule has 0 unspecified atom stereocenters. The Morgan fingerprint density at radius 2 is 2.00 bits per heavy atom. The van der Waals surface area contributed by atoms with Crippen LogP contribution in [0.15, 0.2) is 41.3 Å². The zero-order valence-electron chi connectivity index (χ0n) is 13.4. The molecule has 1 heterocycles. The minimum atomic E-state index is -4.11. The number of aromatic nitrogens is 2. The topological polar surface area (TPSA) is 141 Å². The van der Waals surface area contributed by atoms with Crippen molar-refractivity contribution in [3.8, 4) is 0 Å². The van der Waals surface area contributed by atoms with E-state index in [1.165, 1.54) is 12.1 Å². The molecule has 0 saturated carbocycles.